The topological polar surface area (TPSA) is 214 Å². The summed E-state index contributed by atoms with van der Waals surface area (Å²) in [5.74, 6) is 0. The van der Waals surface area contributed by atoms with Crippen LogP contribution in [0.3, 0.4) is 0 Å². The second kappa shape index (κ2) is 6.05. The van der Waals surface area contributed by atoms with Crippen LogP contribution in [0.1, 0.15) is 0 Å². The number of rotatable bonds is 4. The summed E-state index contributed by atoms with van der Waals surface area (Å²) in [5.41, 5.74) is 0. The second-order valence-corrected chi connectivity index (χ2v) is 6.47. The quantitative estimate of drug-likeness (QED) is 0.233. The molecule has 8 N–H and O–H groups in total. The molecule has 0 radical (unpaired) electrons. The zero-order valence-corrected chi connectivity index (χ0v) is 11.4. The fourth-order valence-corrected chi connectivity index (χ4v) is 2.87. The largest absolute Gasteiger partial charge is 0.470 e. The van der Waals surface area contributed by atoms with Crippen LogP contribution in [-0.2, 0) is 18.2 Å². The molecule has 120 valence electrons. The molecule has 14 heteroatoms. The van der Waals surface area contributed by atoms with E-state index in [0.717, 1.165) is 0 Å². The van der Waals surface area contributed by atoms with Crippen LogP contribution in [0.5, 0.6) is 0 Å². The van der Waals surface area contributed by atoms with Crippen LogP contribution in [0.2, 0.25) is 0 Å². The molecule has 1 rings (SSSR count). The van der Waals surface area contributed by atoms with Gasteiger partial charge in [-0.2, -0.15) is 0 Å². The number of hydrogen-bond acceptors (Lipinski definition) is 8. The molecule has 12 nitrogen and oxygen atoms in total. The first-order chi connectivity index (χ1) is 8.83. The minimum atomic E-state index is -5.24. The lowest BCUT2D eigenvalue weighted by molar-refractivity contribution is -0.216. The molecule has 1 fully saturated rings. The Morgan fingerprint density at radius 2 is 0.850 bits per heavy atom. The third kappa shape index (κ3) is 4.53. The third-order valence-corrected chi connectivity index (χ3v) is 3.60. The SMILES string of the molecule is O=P(O)(O)O[C@@H]1[C@@H](O)[C@@H](O)[C@@H](O)[C@H](O)[C@@H]1OP(=O)(O)O. The van der Waals surface area contributed by atoms with Gasteiger partial charge in [0.2, 0.25) is 0 Å². The molecule has 1 saturated carbocycles. The van der Waals surface area contributed by atoms with Crippen molar-refractivity contribution in [2.75, 3.05) is 0 Å². The number of aliphatic hydroxyl groups is 4. The van der Waals surface area contributed by atoms with Crippen molar-refractivity contribution in [1.29, 1.82) is 0 Å². The van der Waals surface area contributed by atoms with Crippen molar-refractivity contribution in [3.05, 3.63) is 0 Å². The Balaban J connectivity index is 3.09. The van der Waals surface area contributed by atoms with Gasteiger partial charge in [-0.15, -0.1) is 0 Å². The molecule has 0 spiro atoms. The molecule has 0 bridgehead atoms. The van der Waals surface area contributed by atoms with Crippen molar-refractivity contribution in [1.82, 2.24) is 0 Å². The highest BCUT2D eigenvalue weighted by atomic mass is 31.2. The van der Waals surface area contributed by atoms with Crippen LogP contribution in [-0.4, -0.2) is 76.6 Å². The molecule has 20 heavy (non-hydrogen) atoms. The summed E-state index contributed by atoms with van der Waals surface area (Å²) in [6.07, 6.45) is -12.8. The maximum Gasteiger partial charge on any atom is 0.470 e. The van der Waals surface area contributed by atoms with Crippen LogP contribution in [0, 0.1) is 0 Å². The van der Waals surface area contributed by atoms with E-state index in [4.69, 9.17) is 19.6 Å². The maximum absolute atomic E-state index is 10.7. The van der Waals surface area contributed by atoms with E-state index in [1.54, 1.807) is 0 Å². The minimum absolute atomic E-state index is 2.07. The predicted octanol–water partition coefficient (Wildman–Crippen LogP) is -3.60. The first-order valence-electron chi connectivity index (χ1n) is 5.03. The summed E-state index contributed by atoms with van der Waals surface area (Å²) in [5, 5.41) is 37.8. The molecule has 0 aromatic carbocycles. The minimum Gasteiger partial charge on any atom is -0.387 e. The Labute approximate surface area is 111 Å². The highest BCUT2D eigenvalue weighted by molar-refractivity contribution is 7.46. The van der Waals surface area contributed by atoms with E-state index < -0.39 is 52.3 Å². The van der Waals surface area contributed by atoms with Gasteiger partial charge in [0.05, 0.1) is 0 Å². The Morgan fingerprint density at radius 1 is 0.600 bits per heavy atom. The monoisotopic (exact) mass is 340 g/mol. The molecule has 6 atom stereocenters. The molecular weight excluding hydrogens is 326 g/mol. The lowest BCUT2D eigenvalue weighted by Crippen LogP contribution is -2.64. The molecule has 0 aliphatic heterocycles. The average molecular weight is 340 g/mol. The van der Waals surface area contributed by atoms with Gasteiger partial charge in [0, 0.05) is 0 Å². The summed E-state index contributed by atoms with van der Waals surface area (Å²) in [4.78, 5) is 34.6. The van der Waals surface area contributed by atoms with Gasteiger partial charge in [0.25, 0.3) is 0 Å². The predicted molar refractivity (Wildman–Crippen MR) is 57.9 cm³/mol. The van der Waals surface area contributed by atoms with Crippen molar-refractivity contribution in [2.45, 2.75) is 36.6 Å². The molecule has 0 heterocycles. The fraction of sp³-hybridized carbons (Fsp3) is 1.00. The van der Waals surface area contributed by atoms with E-state index in [-0.39, 0.29) is 0 Å². The summed E-state index contributed by atoms with van der Waals surface area (Å²) in [6.45, 7) is 0. The molecule has 0 amide bonds. The molecule has 0 unspecified atom stereocenters. The average Bonchev–Trinajstić information content (AvgIpc) is 2.25. The second-order valence-electron chi connectivity index (χ2n) is 4.08. The smallest absolute Gasteiger partial charge is 0.387 e. The van der Waals surface area contributed by atoms with Gasteiger partial charge in [-0.3, -0.25) is 9.05 Å². The van der Waals surface area contributed by atoms with Crippen molar-refractivity contribution >= 4 is 15.6 Å². The van der Waals surface area contributed by atoms with Crippen LogP contribution in [0.15, 0.2) is 0 Å². The first-order valence-corrected chi connectivity index (χ1v) is 8.10. The van der Waals surface area contributed by atoms with E-state index in [9.17, 15) is 29.6 Å². The lowest BCUT2D eigenvalue weighted by Gasteiger charge is -2.42. The van der Waals surface area contributed by atoms with Crippen molar-refractivity contribution in [2.24, 2.45) is 0 Å². The van der Waals surface area contributed by atoms with Crippen molar-refractivity contribution < 1.29 is 58.2 Å². The van der Waals surface area contributed by atoms with Crippen LogP contribution >= 0.6 is 15.6 Å². The fourth-order valence-electron chi connectivity index (χ4n) is 1.74. The summed E-state index contributed by atoms with van der Waals surface area (Å²) in [6, 6.07) is 0. The highest BCUT2D eigenvalue weighted by Crippen LogP contribution is 2.46. The number of phosphoric acid groups is 2. The van der Waals surface area contributed by atoms with E-state index in [1.807, 2.05) is 0 Å². The Kier molecular flexibility index (Phi) is 5.48. The molecule has 1 aliphatic carbocycles. The number of aliphatic hydroxyl groups excluding tert-OH is 4. The standard InChI is InChI=1S/C6H14O12P2/c7-1-2(8)4(10)6(18-20(14,15)16)5(3(1)9)17-19(11,12)13/h1-10H,(H2,11,12,13)(H2,14,15,16)/t1-,2+,3-,4-,5+,6-/m0/s1. The Hall–Kier alpha value is 0.0600. The maximum atomic E-state index is 10.7. The van der Waals surface area contributed by atoms with Crippen LogP contribution in [0.4, 0.5) is 0 Å². The van der Waals surface area contributed by atoms with Crippen LogP contribution in [0.25, 0.3) is 0 Å². The van der Waals surface area contributed by atoms with E-state index in [1.165, 1.54) is 0 Å². The zero-order chi connectivity index (χ0) is 15.9. The van der Waals surface area contributed by atoms with E-state index >= 15 is 0 Å². The van der Waals surface area contributed by atoms with Gasteiger partial charge < -0.3 is 40.0 Å². The highest BCUT2D eigenvalue weighted by Gasteiger charge is 2.53. The van der Waals surface area contributed by atoms with Gasteiger partial charge >= 0.3 is 15.6 Å². The summed E-state index contributed by atoms with van der Waals surface area (Å²) in [7, 11) is -10.5. The van der Waals surface area contributed by atoms with E-state index in [2.05, 4.69) is 9.05 Å². The van der Waals surface area contributed by atoms with Crippen molar-refractivity contribution in [3.8, 4) is 0 Å². The molecular formula is C6H14O12P2. The van der Waals surface area contributed by atoms with Gasteiger partial charge in [0.1, 0.15) is 36.6 Å². The lowest BCUT2D eigenvalue weighted by atomic mass is 9.85. The van der Waals surface area contributed by atoms with Gasteiger partial charge in [-0.05, 0) is 0 Å². The normalized spacial score (nSPS) is 39.8. The molecule has 0 aromatic heterocycles. The first kappa shape index (κ1) is 18.1. The Morgan fingerprint density at radius 3 is 1.05 bits per heavy atom. The molecule has 0 aromatic rings. The van der Waals surface area contributed by atoms with Crippen LogP contribution < -0.4 is 0 Å². The third-order valence-electron chi connectivity index (χ3n) is 2.56. The van der Waals surface area contributed by atoms with Gasteiger partial charge in [-0.1, -0.05) is 0 Å². The molecule has 0 saturated heterocycles. The molecule has 1 aliphatic rings. The van der Waals surface area contributed by atoms with E-state index in [0.29, 0.717) is 0 Å². The summed E-state index contributed by atoms with van der Waals surface area (Å²) >= 11 is 0. The number of hydrogen-bond donors (Lipinski definition) is 8. The summed E-state index contributed by atoms with van der Waals surface area (Å²) < 4.78 is 29.6. The Bertz CT molecular complexity index is 388. The zero-order valence-electron chi connectivity index (χ0n) is 9.57. The number of phosphoric ester groups is 2. The van der Waals surface area contributed by atoms with Gasteiger partial charge in [0.15, 0.2) is 0 Å². The van der Waals surface area contributed by atoms with Gasteiger partial charge in [-0.25, -0.2) is 9.13 Å². The van der Waals surface area contributed by atoms with Crippen molar-refractivity contribution in [3.63, 3.8) is 0 Å².